The van der Waals surface area contributed by atoms with E-state index < -0.39 is 28.5 Å². The molecule has 0 radical (unpaired) electrons. The second-order valence-corrected chi connectivity index (χ2v) is 9.61. The van der Waals surface area contributed by atoms with Crippen molar-refractivity contribution in [1.82, 2.24) is 0 Å². The van der Waals surface area contributed by atoms with Crippen molar-refractivity contribution in [1.29, 1.82) is 0 Å². The Kier molecular flexibility index (Phi) is 7.57. The van der Waals surface area contributed by atoms with Crippen LogP contribution in [0.1, 0.15) is 21.5 Å². The first-order valence-electron chi connectivity index (χ1n) is 10.4. The van der Waals surface area contributed by atoms with Crippen molar-refractivity contribution in [3.05, 3.63) is 83.4 Å². The lowest BCUT2D eigenvalue weighted by Gasteiger charge is -2.20. The van der Waals surface area contributed by atoms with Gasteiger partial charge in [-0.3, -0.25) is 9.10 Å². The predicted molar refractivity (Wildman–Crippen MR) is 130 cm³/mol. The number of methoxy groups -OCH3 is 1. The highest BCUT2D eigenvalue weighted by Gasteiger charge is 2.23. The Labute approximate surface area is 199 Å². The van der Waals surface area contributed by atoms with E-state index in [9.17, 15) is 18.0 Å². The van der Waals surface area contributed by atoms with Crippen LogP contribution in [-0.4, -0.2) is 41.1 Å². The van der Waals surface area contributed by atoms with Gasteiger partial charge in [0.25, 0.3) is 15.9 Å². The summed E-state index contributed by atoms with van der Waals surface area (Å²) in [7, 11) is -1.01. The van der Waals surface area contributed by atoms with E-state index in [0.717, 1.165) is 15.4 Å². The summed E-state index contributed by atoms with van der Waals surface area (Å²) in [4.78, 5) is 24.6. The van der Waals surface area contributed by atoms with Crippen LogP contribution >= 0.6 is 0 Å². The normalized spacial score (nSPS) is 10.9. The number of ether oxygens (including phenoxy) is 2. The molecule has 178 valence electrons. The van der Waals surface area contributed by atoms with E-state index in [2.05, 4.69) is 5.32 Å². The number of carbonyl (C=O) groups excluding carboxylic acids is 2. The first-order chi connectivity index (χ1) is 16.1. The van der Waals surface area contributed by atoms with Gasteiger partial charge in [-0.15, -0.1) is 0 Å². The summed E-state index contributed by atoms with van der Waals surface area (Å²) in [5, 5.41) is 2.69. The number of benzene rings is 3. The summed E-state index contributed by atoms with van der Waals surface area (Å²) in [5.74, 6) is -0.705. The molecule has 0 spiro atoms. The molecular weight excluding hydrogens is 456 g/mol. The van der Waals surface area contributed by atoms with Gasteiger partial charge in [0.05, 0.1) is 23.3 Å². The van der Waals surface area contributed by atoms with Gasteiger partial charge < -0.3 is 14.8 Å². The largest absolute Gasteiger partial charge is 0.497 e. The zero-order valence-corrected chi connectivity index (χ0v) is 20.2. The van der Waals surface area contributed by atoms with Gasteiger partial charge >= 0.3 is 5.97 Å². The number of nitrogens with one attached hydrogen (secondary N) is 1. The van der Waals surface area contributed by atoms with Crippen molar-refractivity contribution in [3.63, 3.8) is 0 Å². The van der Waals surface area contributed by atoms with Gasteiger partial charge in [0, 0.05) is 12.7 Å². The molecule has 0 atom stereocenters. The second-order valence-electron chi connectivity index (χ2n) is 7.64. The van der Waals surface area contributed by atoms with Crippen molar-refractivity contribution < 1.29 is 27.5 Å². The zero-order valence-electron chi connectivity index (χ0n) is 19.4. The maximum atomic E-state index is 13.1. The van der Waals surface area contributed by atoms with Gasteiger partial charge in [-0.1, -0.05) is 23.8 Å². The van der Waals surface area contributed by atoms with Gasteiger partial charge in [-0.2, -0.15) is 0 Å². The number of sulfonamides is 1. The summed E-state index contributed by atoms with van der Waals surface area (Å²) in [5.41, 5.74) is 3.02. The van der Waals surface area contributed by atoms with Crippen molar-refractivity contribution in [2.45, 2.75) is 18.7 Å². The van der Waals surface area contributed by atoms with Crippen LogP contribution in [0.2, 0.25) is 0 Å². The Hall–Kier alpha value is -3.85. The van der Waals surface area contributed by atoms with E-state index >= 15 is 0 Å². The minimum absolute atomic E-state index is 0.0172. The number of carbonyl (C=O) groups is 2. The van der Waals surface area contributed by atoms with E-state index in [0.29, 0.717) is 17.1 Å². The monoisotopic (exact) mass is 482 g/mol. The molecule has 0 saturated carbocycles. The molecular formula is C25H26N2O6S. The molecule has 34 heavy (non-hydrogen) atoms. The van der Waals surface area contributed by atoms with E-state index in [1.165, 1.54) is 38.4 Å². The highest BCUT2D eigenvalue weighted by atomic mass is 32.2. The van der Waals surface area contributed by atoms with Crippen LogP contribution in [-0.2, 0) is 19.6 Å². The van der Waals surface area contributed by atoms with Crippen LogP contribution < -0.4 is 14.4 Å². The van der Waals surface area contributed by atoms with E-state index in [4.69, 9.17) is 9.47 Å². The van der Waals surface area contributed by atoms with E-state index in [1.54, 1.807) is 30.3 Å². The van der Waals surface area contributed by atoms with Gasteiger partial charge in [0.1, 0.15) is 5.75 Å². The first kappa shape index (κ1) is 24.8. The number of hydrogen-bond donors (Lipinski definition) is 1. The summed E-state index contributed by atoms with van der Waals surface area (Å²) in [6.45, 7) is 3.31. The molecule has 0 aliphatic carbocycles. The lowest BCUT2D eigenvalue weighted by molar-refractivity contribution is -0.119. The Bertz CT molecular complexity index is 1300. The lowest BCUT2D eigenvalue weighted by atomic mass is 10.1. The Morgan fingerprint density at radius 2 is 1.68 bits per heavy atom. The smallest absolute Gasteiger partial charge is 0.338 e. The van der Waals surface area contributed by atoms with Crippen LogP contribution in [0.5, 0.6) is 5.75 Å². The molecule has 3 aromatic rings. The molecule has 0 saturated heterocycles. The first-order valence-corrected chi connectivity index (χ1v) is 11.8. The number of nitrogens with zero attached hydrogens (tertiary/aromatic N) is 1. The van der Waals surface area contributed by atoms with Gasteiger partial charge in [0.15, 0.2) is 6.61 Å². The molecule has 0 aromatic heterocycles. The van der Waals surface area contributed by atoms with Crippen LogP contribution in [0.15, 0.2) is 71.6 Å². The van der Waals surface area contributed by atoms with Crippen molar-refractivity contribution in [2.24, 2.45) is 0 Å². The zero-order chi connectivity index (χ0) is 24.9. The molecule has 0 aliphatic heterocycles. The van der Waals surface area contributed by atoms with Crippen molar-refractivity contribution in [2.75, 3.05) is 30.4 Å². The van der Waals surface area contributed by atoms with Crippen molar-refractivity contribution >= 4 is 33.3 Å². The van der Waals surface area contributed by atoms with E-state index in [-0.39, 0.29) is 10.5 Å². The lowest BCUT2D eigenvalue weighted by Crippen LogP contribution is -2.27. The molecule has 0 heterocycles. The maximum absolute atomic E-state index is 13.1. The number of anilines is 2. The average molecular weight is 483 g/mol. The van der Waals surface area contributed by atoms with E-state index in [1.807, 2.05) is 26.0 Å². The summed E-state index contributed by atoms with van der Waals surface area (Å²) in [6, 6.07) is 17.6. The molecule has 1 N–H and O–H groups in total. The maximum Gasteiger partial charge on any atom is 0.338 e. The molecule has 0 aliphatic rings. The van der Waals surface area contributed by atoms with Gasteiger partial charge in [0.2, 0.25) is 0 Å². The van der Waals surface area contributed by atoms with Crippen LogP contribution in [0.4, 0.5) is 11.4 Å². The summed E-state index contributed by atoms with van der Waals surface area (Å²) < 4.78 is 37.4. The van der Waals surface area contributed by atoms with Gasteiger partial charge in [-0.25, -0.2) is 13.2 Å². The number of aryl methyl sites for hydroxylation is 2. The fourth-order valence-corrected chi connectivity index (χ4v) is 4.47. The molecule has 9 heteroatoms. The Morgan fingerprint density at radius 3 is 2.32 bits per heavy atom. The topological polar surface area (TPSA) is 102 Å². The molecule has 3 aromatic carbocycles. The SMILES string of the molecule is COc1ccc(N(C)S(=O)(=O)c2cccc(C(=O)OCC(=O)Nc3ccc(C)cc3C)c2)cc1. The predicted octanol–water partition coefficient (Wildman–Crippen LogP) is 3.93. The van der Waals surface area contributed by atoms with Crippen LogP contribution in [0.3, 0.4) is 0 Å². The third-order valence-electron chi connectivity index (χ3n) is 5.15. The summed E-state index contributed by atoms with van der Waals surface area (Å²) >= 11 is 0. The number of hydrogen-bond acceptors (Lipinski definition) is 6. The quantitative estimate of drug-likeness (QED) is 0.488. The number of esters is 1. The molecule has 3 rings (SSSR count). The highest BCUT2D eigenvalue weighted by Crippen LogP contribution is 2.25. The standard InChI is InChI=1S/C25H26N2O6S/c1-17-8-13-23(18(2)14-17)26-24(28)16-33-25(29)19-6-5-7-22(15-19)34(30,31)27(3)20-9-11-21(32-4)12-10-20/h5-15H,16H2,1-4H3,(H,26,28). The van der Waals surface area contributed by atoms with Crippen molar-refractivity contribution in [3.8, 4) is 5.75 Å². The van der Waals surface area contributed by atoms with Crippen LogP contribution in [0, 0.1) is 13.8 Å². The summed E-state index contributed by atoms with van der Waals surface area (Å²) in [6.07, 6.45) is 0. The van der Waals surface area contributed by atoms with Crippen LogP contribution in [0.25, 0.3) is 0 Å². The molecule has 1 amide bonds. The number of amides is 1. The van der Waals surface area contributed by atoms with Gasteiger partial charge in [-0.05, 0) is 67.9 Å². The Morgan fingerprint density at radius 1 is 0.971 bits per heavy atom. The molecule has 0 fully saturated rings. The average Bonchev–Trinajstić information content (AvgIpc) is 2.84. The third-order valence-corrected chi connectivity index (χ3v) is 6.94. The minimum atomic E-state index is -3.94. The molecule has 0 unspecified atom stereocenters. The third kappa shape index (κ3) is 5.74. The fourth-order valence-electron chi connectivity index (χ4n) is 3.23. The minimum Gasteiger partial charge on any atom is -0.497 e. The Balaban J connectivity index is 1.68. The molecule has 0 bridgehead atoms. The number of rotatable bonds is 8. The fraction of sp³-hybridized carbons (Fsp3) is 0.200. The highest BCUT2D eigenvalue weighted by molar-refractivity contribution is 7.92. The second kappa shape index (κ2) is 10.4. The molecule has 8 nitrogen and oxygen atoms in total.